The van der Waals surface area contributed by atoms with Gasteiger partial charge in [-0.05, 0) is 63.5 Å². The molecule has 4 N–H and O–H groups in total. The summed E-state index contributed by atoms with van der Waals surface area (Å²) < 4.78 is 15.0. The number of rotatable bonds is 3. The second-order valence-corrected chi connectivity index (χ2v) is 6.86. The van der Waals surface area contributed by atoms with E-state index in [9.17, 15) is 14.0 Å². The Morgan fingerprint density at radius 2 is 2.08 bits per heavy atom. The molecule has 136 valence electrons. The number of fused-ring (bicyclic) bond motifs is 1. The highest BCUT2D eigenvalue weighted by atomic mass is 19.1. The lowest BCUT2D eigenvalue weighted by molar-refractivity contribution is -0.116. The number of H-pyrrole nitrogens is 1. The van der Waals surface area contributed by atoms with E-state index < -0.39 is 11.7 Å². The lowest BCUT2D eigenvalue weighted by atomic mass is 9.90. The average molecular weight is 355 g/mol. The van der Waals surface area contributed by atoms with Crippen LogP contribution in [-0.2, 0) is 4.79 Å². The van der Waals surface area contributed by atoms with Gasteiger partial charge >= 0.3 is 0 Å². The van der Waals surface area contributed by atoms with Gasteiger partial charge in [0, 0.05) is 22.7 Å². The molecule has 2 aromatic rings. The molecule has 1 heterocycles. The van der Waals surface area contributed by atoms with E-state index in [-0.39, 0.29) is 23.4 Å². The number of nitrogens with one attached hydrogen (secondary N) is 2. The van der Waals surface area contributed by atoms with E-state index >= 15 is 0 Å². The molecule has 0 radical (unpaired) electrons. The topological polar surface area (TPSA) is 88.0 Å². The van der Waals surface area contributed by atoms with Gasteiger partial charge in [0.1, 0.15) is 5.82 Å². The van der Waals surface area contributed by atoms with Gasteiger partial charge in [-0.1, -0.05) is 5.92 Å². The molecule has 0 spiro atoms. The SMILES string of the molecule is CC#CC(=O)NC1CCC(c2c(F)cc(C(N)=O)c3[nH]c(C)c(C)c23)C1. The Morgan fingerprint density at radius 3 is 2.73 bits per heavy atom. The van der Waals surface area contributed by atoms with Gasteiger partial charge in [0.25, 0.3) is 11.8 Å². The average Bonchev–Trinajstić information content (AvgIpc) is 3.13. The molecule has 1 saturated carbocycles. The Kier molecular flexibility index (Phi) is 4.73. The molecular weight excluding hydrogens is 333 g/mol. The number of halogens is 1. The summed E-state index contributed by atoms with van der Waals surface area (Å²) in [5, 5.41) is 3.62. The van der Waals surface area contributed by atoms with Gasteiger partial charge in [-0.15, -0.1) is 0 Å². The molecule has 1 fully saturated rings. The highest BCUT2D eigenvalue weighted by molar-refractivity contribution is 6.07. The molecule has 5 nitrogen and oxygen atoms in total. The molecule has 1 aliphatic rings. The quantitative estimate of drug-likeness (QED) is 0.739. The number of nitrogens with two attached hydrogens (primary N) is 1. The molecule has 1 aromatic carbocycles. The number of aromatic nitrogens is 1. The normalized spacial score (nSPS) is 19.2. The van der Waals surface area contributed by atoms with E-state index in [1.807, 2.05) is 13.8 Å². The van der Waals surface area contributed by atoms with E-state index in [1.165, 1.54) is 6.07 Å². The number of carbonyl (C=O) groups excluding carboxylic acids is 2. The number of hydrogen-bond donors (Lipinski definition) is 3. The van der Waals surface area contributed by atoms with Crippen molar-refractivity contribution >= 4 is 22.7 Å². The van der Waals surface area contributed by atoms with Crippen LogP contribution in [0.4, 0.5) is 4.39 Å². The summed E-state index contributed by atoms with van der Waals surface area (Å²) in [6.07, 6.45) is 2.17. The minimum absolute atomic E-state index is 0.0287. The molecule has 2 unspecified atom stereocenters. The lowest BCUT2D eigenvalue weighted by Gasteiger charge is -2.16. The van der Waals surface area contributed by atoms with E-state index in [4.69, 9.17) is 5.73 Å². The first-order valence-corrected chi connectivity index (χ1v) is 8.67. The molecule has 3 rings (SSSR count). The summed E-state index contributed by atoms with van der Waals surface area (Å²) in [4.78, 5) is 26.6. The number of carbonyl (C=O) groups is 2. The van der Waals surface area contributed by atoms with E-state index in [0.29, 0.717) is 17.5 Å². The first kappa shape index (κ1) is 18.0. The minimum atomic E-state index is -0.656. The van der Waals surface area contributed by atoms with Gasteiger partial charge in [0.05, 0.1) is 11.1 Å². The maximum atomic E-state index is 15.0. The van der Waals surface area contributed by atoms with Crippen molar-refractivity contribution in [2.45, 2.75) is 52.0 Å². The molecule has 1 aliphatic carbocycles. The molecule has 0 aliphatic heterocycles. The van der Waals surface area contributed by atoms with Crippen molar-refractivity contribution in [2.24, 2.45) is 5.73 Å². The van der Waals surface area contributed by atoms with E-state index in [2.05, 4.69) is 22.1 Å². The van der Waals surface area contributed by atoms with Crippen molar-refractivity contribution in [3.63, 3.8) is 0 Å². The molecule has 0 saturated heterocycles. The summed E-state index contributed by atoms with van der Waals surface area (Å²) in [5.74, 6) is 3.63. The predicted octanol–water partition coefficient (Wildman–Crippen LogP) is 2.80. The van der Waals surface area contributed by atoms with Crippen molar-refractivity contribution in [1.29, 1.82) is 0 Å². The molecule has 1 aromatic heterocycles. The van der Waals surface area contributed by atoms with Crippen LogP contribution in [0.1, 0.15) is 59.3 Å². The second-order valence-electron chi connectivity index (χ2n) is 6.86. The number of hydrogen-bond acceptors (Lipinski definition) is 2. The highest BCUT2D eigenvalue weighted by Crippen LogP contribution is 2.41. The summed E-state index contributed by atoms with van der Waals surface area (Å²) >= 11 is 0. The third-order valence-corrected chi connectivity index (χ3v) is 5.25. The van der Waals surface area contributed by atoms with Crippen LogP contribution in [0.2, 0.25) is 0 Å². The van der Waals surface area contributed by atoms with Crippen LogP contribution in [0.15, 0.2) is 6.07 Å². The Bertz CT molecular complexity index is 965. The van der Waals surface area contributed by atoms with Crippen molar-refractivity contribution < 1.29 is 14.0 Å². The van der Waals surface area contributed by atoms with Gasteiger partial charge in [0.2, 0.25) is 0 Å². The molecule has 26 heavy (non-hydrogen) atoms. The molecule has 6 heteroatoms. The van der Waals surface area contributed by atoms with Crippen molar-refractivity contribution in [2.75, 3.05) is 0 Å². The van der Waals surface area contributed by atoms with Crippen LogP contribution in [0, 0.1) is 31.5 Å². The Labute approximate surface area is 151 Å². The van der Waals surface area contributed by atoms with Gasteiger partial charge in [-0.3, -0.25) is 9.59 Å². The van der Waals surface area contributed by atoms with E-state index in [1.54, 1.807) is 6.92 Å². The number of benzene rings is 1. The molecule has 2 amide bonds. The third-order valence-electron chi connectivity index (χ3n) is 5.25. The van der Waals surface area contributed by atoms with Gasteiger partial charge in [-0.25, -0.2) is 4.39 Å². The Balaban J connectivity index is 2.02. The standard InChI is InChI=1S/C20H22FN3O2/c1-4-5-16(25)24-13-7-6-12(8-13)18-15(21)9-14(20(22)26)19-17(18)10(2)11(3)23-19/h9,12-13,23H,6-8H2,1-3H3,(H2,22,26)(H,24,25). The van der Waals surface area contributed by atoms with Crippen LogP contribution in [0.25, 0.3) is 10.9 Å². The van der Waals surface area contributed by atoms with Crippen LogP contribution >= 0.6 is 0 Å². The number of amides is 2. The van der Waals surface area contributed by atoms with Gasteiger partial charge < -0.3 is 16.0 Å². The Morgan fingerprint density at radius 1 is 1.35 bits per heavy atom. The first-order valence-electron chi connectivity index (χ1n) is 8.67. The Hall–Kier alpha value is -2.81. The fraction of sp³-hybridized carbons (Fsp3) is 0.400. The van der Waals surface area contributed by atoms with Crippen molar-refractivity contribution in [1.82, 2.24) is 10.3 Å². The van der Waals surface area contributed by atoms with Gasteiger partial charge in [-0.2, -0.15) is 0 Å². The van der Waals surface area contributed by atoms with Gasteiger partial charge in [0.15, 0.2) is 0 Å². The van der Waals surface area contributed by atoms with Crippen molar-refractivity contribution in [3.8, 4) is 11.8 Å². The second kappa shape index (κ2) is 6.83. The summed E-state index contributed by atoms with van der Waals surface area (Å²) in [5.41, 5.74) is 8.59. The molecular formula is C20H22FN3O2. The lowest BCUT2D eigenvalue weighted by Crippen LogP contribution is -2.31. The summed E-state index contributed by atoms with van der Waals surface area (Å²) in [6, 6.07) is 1.20. The maximum Gasteiger partial charge on any atom is 0.296 e. The van der Waals surface area contributed by atoms with Crippen molar-refractivity contribution in [3.05, 3.63) is 34.3 Å². The smallest absolute Gasteiger partial charge is 0.296 e. The fourth-order valence-corrected chi connectivity index (χ4v) is 3.96. The summed E-state index contributed by atoms with van der Waals surface area (Å²) in [6.45, 7) is 5.41. The minimum Gasteiger partial charge on any atom is -0.366 e. The van der Waals surface area contributed by atoms with Crippen LogP contribution < -0.4 is 11.1 Å². The molecule has 2 atom stereocenters. The largest absolute Gasteiger partial charge is 0.366 e. The highest BCUT2D eigenvalue weighted by Gasteiger charge is 2.32. The number of aryl methyl sites for hydroxylation is 2. The zero-order valence-corrected chi connectivity index (χ0v) is 15.1. The third kappa shape index (κ3) is 3.05. The first-order chi connectivity index (χ1) is 12.3. The summed E-state index contributed by atoms with van der Waals surface area (Å²) in [7, 11) is 0. The number of aromatic amines is 1. The molecule has 0 bridgehead atoms. The van der Waals surface area contributed by atoms with Crippen LogP contribution in [0.3, 0.4) is 0 Å². The van der Waals surface area contributed by atoms with Crippen LogP contribution in [-0.4, -0.2) is 22.8 Å². The van der Waals surface area contributed by atoms with E-state index in [0.717, 1.165) is 29.5 Å². The number of primary amides is 1. The predicted molar refractivity (Wildman–Crippen MR) is 98.2 cm³/mol. The monoisotopic (exact) mass is 355 g/mol. The van der Waals surface area contributed by atoms with Crippen LogP contribution in [0.5, 0.6) is 0 Å². The fourth-order valence-electron chi connectivity index (χ4n) is 3.96. The maximum absolute atomic E-state index is 15.0. The zero-order chi connectivity index (χ0) is 19.0. The zero-order valence-electron chi connectivity index (χ0n) is 15.1.